The van der Waals surface area contributed by atoms with E-state index in [0.29, 0.717) is 18.0 Å². The number of piperidine rings is 3. The maximum atomic E-state index is 12.8. The number of hydrogen-bond donors (Lipinski definition) is 2. The lowest BCUT2D eigenvalue weighted by molar-refractivity contribution is -0.0371. The maximum Gasteiger partial charge on any atom is 0.251 e. The number of nitrogens with one attached hydrogen (secondary N) is 2. The van der Waals surface area contributed by atoms with Gasteiger partial charge in [-0.25, -0.2) is 0 Å². The normalized spacial score (nSPS) is 32.7. The van der Waals surface area contributed by atoms with Gasteiger partial charge in [-0.2, -0.15) is 0 Å². The summed E-state index contributed by atoms with van der Waals surface area (Å²) >= 11 is 0. The third-order valence-electron chi connectivity index (χ3n) is 7.17. The molecule has 4 atom stereocenters. The second kappa shape index (κ2) is 7.44. The highest BCUT2D eigenvalue weighted by molar-refractivity contribution is 5.94. The highest BCUT2D eigenvalue weighted by Gasteiger charge is 2.45. The zero-order valence-electron chi connectivity index (χ0n) is 16.1. The molecule has 0 aliphatic carbocycles. The lowest BCUT2D eigenvalue weighted by atomic mass is 9.73. The number of ether oxygens (including phenoxy) is 1. The third-order valence-corrected chi connectivity index (χ3v) is 7.17. The second-order valence-electron chi connectivity index (χ2n) is 8.77. The highest BCUT2D eigenvalue weighted by Crippen LogP contribution is 2.38. The summed E-state index contributed by atoms with van der Waals surface area (Å²) < 4.78 is 5.67. The lowest BCUT2D eigenvalue weighted by Gasteiger charge is -2.55. The van der Waals surface area contributed by atoms with Gasteiger partial charge in [-0.1, -0.05) is 6.42 Å². The standard InChI is InChI=1S/C22H31N3O2/c26-22(16-6-7-21-15(10-16)4-3-9-27-21)24-14-20-18-11-17(12-23-13-18)19-5-1-2-8-25(19)20/h6-7,10,17-20,23H,1-5,8-9,11-14H2,(H,24,26)/t17-,18+,19+,20+/m1/s1. The van der Waals surface area contributed by atoms with E-state index in [9.17, 15) is 4.79 Å². The van der Waals surface area contributed by atoms with Gasteiger partial charge in [0.05, 0.1) is 6.61 Å². The van der Waals surface area contributed by atoms with Gasteiger partial charge in [-0.05, 0) is 87.3 Å². The van der Waals surface area contributed by atoms with Gasteiger partial charge in [0.2, 0.25) is 0 Å². The minimum atomic E-state index is 0.0582. The van der Waals surface area contributed by atoms with E-state index >= 15 is 0 Å². The van der Waals surface area contributed by atoms with Crippen LogP contribution in [0.2, 0.25) is 0 Å². The van der Waals surface area contributed by atoms with E-state index in [1.165, 1.54) is 44.3 Å². The molecule has 0 radical (unpaired) electrons. The Hall–Kier alpha value is -1.59. The molecule has 1 amide bonds. The molecule has 2 N–H and O–H groups in total. The molecule has 4 aliphatic heterocycles. The smallest absolute Gasteiger partial charge is 0.251 e. The Morgan fingerprint density at radius 3 is 3.11 bits per heavy atom. The molecule has 3 fully saturated rings. The molecular formula is C22H31N3O2. The molecule has 5 rings (SSSR count). The molecule has 1 aromatic carbocycles. The van der Waals surface area contributed by atoms with Crippen LogP contribution in [0.5, 0.6) is 5.75 Å². The number of benzene rings is 1. The van der Waals surface area contributed by atoms with Crippen molar-refractivity contribution in [2.75, 3.05) is 32.8 Å². The monoisotopic (exact) mass is 369 g/mol. The molecule has 5 nitrogen and oxygen atoms in total. The number of carbonyl (C=O) groups excluding carboxylic acids is 1. The Morgan fingerprint density at radius 2 is 2.15 bits per heavy atom. The van der Waals surface area contributed by atoms with Crippen molar-refractivity contribution in [3.05, 3.63) is 29.3 Å². The summed E-state index contributed by atoms with van der Waals surface area (Å²) in [7, 11) is 0. The minimum Gasteiger partial charge on any atom is -0.493 e. The number of rotatable bonds is 3. The first kappa shape index (κ1) is 17.5. The number of amides is 1. The van der Waals surface area contributed by atoms with Crippen molar-refractivity contribution in [3.8, 4) is 5.75 Å². The first-order valence-electron chi connectivity index (χ1n) is 10.8. The average Bonchev–Trinajstić information content (AvgIpc) is 2.73. The average molecular weight is 370 g/mol. The Kier molecular flexibility index (Phi) is 4.82. The van der Waals surface area contributed by atoms with Crippen molar-refractivity contribution in [3.63, 3.8) is 0 Å². The van der Waals surface area contributed by atoms with E-state index in [1.807, 2.05) is 18.2 Å². The maximum absolute atomic E-state index is 12.8. The van der Waals surface area contributed by atoms with Gasteiger partial charge in [0, 0.05) is 24.2 Å². The van der Waals surface area contributed by atoms with Gasteiger partial charge in [0.15, 0.2) is 0 Å². The van der Waals surface area contributed by atoms with Crippen molar-refractivity contribution in [1.82, 2.24) is 15.5 Å². The third kappa shape index (κ3) is 3.36. The van der Waals surface area contributed by atoms with E-state index in [1.54, 1.807) is 0 Å². The van der Waals surface area contributed by atoms with Crippen LogP contribution in [-0.2, 0) is 6.42 Å². The Bertz CT molecular complexity index is 707. The fourth-order valence-corrected chi connectivity index (χ4v) is 5.85. The lowest BCUT2D eigenvalue weighted by Crippen LogP contribution is -2.65. The van der Waals surface area contributed by atoms with Crippen molar-refractivity contribution in [2.24, 2.45) is 11.8 Å². The van der Waals surface area contributed by atoms with Crippen molar-refractivity contribution >= 4 is 5.91 Å². The summed E-state index contributed by atoms with van der Waals surface area (Å²) in [4.78, 5) is 15.6. The largest absolute Gasteiger partial charge is 0.493 e. The van der Waals surface area contributed by atoms with Crippen LogP contribution in [0.1, 0.15) is 48.0 Å². The number of fused-ring (bicyclic) bond motifs is 5. The molecule has 0 spiro atoms. The second-order valence-corrected chi connectivity index (χ2v) is 8.77. The zero-order valence-corrected chi connectivity index (χ0v) is 16.1. The van der Waals surface area contributed by atoms with Crippen LogP contribution in [0.15, 0.2) is 18.2 Å². The Balaban J connectivity index is 1.27. The summed E-state index contributed by atoms with van der Waals surface area (Å²) in [5, 5.41) is 6.91. The quantitative estimate of drug-likeness (QED) is 0.858. The van der Waals surface area contributed by atoms with Crippen LogP contribution in [0.3, 0.4) is 0 Å². The van der Waals surface area contributed by atoms with Crippen LogP contribution in [0.4, 0.5) is 0 Å². The van der Waals surface area contributed by atoms with Gasteiger partial charge in [0.1, 0.15) is 5.75 Å². The Morgan fingerprint density at radius 1 is 1.22 bits per heavy atom. The van der Waals surface area contributed by atoms with E-state index in [-0.39, 0.29) is 5.91 Å². The Labute approximate surface area is 161 Å². The van der Waals surface area contributed by atoms with Crippen LogP contribution in [-0.4, -0.2) is 55.7 Å². The summed E-state index contributed by atoms with van der Waals surface area (Å²) in [5.41, 5.74) is 1.94. The molecule has 0 aromatic heterocycles. The molecule has 5 heteroatoms. The molecule has 1 aromatic rings. The van der Waals surface area contributed by atoms with Gasteiger partial charge >= 0.3 is 0 Å². The van der Waals surface area contributed by atoms with E-state index in [0.717, 1.165) is 49.8 Å². The molecule has 4 aliphatic rings. The number of hydrogen-bond acceptors (Lipinski definition) is 4. The SMILES string of the molecule is O=C(NC[C@H]1[C@@H]2CNC[C@@H](C2)[C@@H]2CCCCN21)c1ccc2c(c1)CCCO2. The predicted octanol–water partition coefficient (Wildman–Crippen LogP) is 2.20. The van der Waals surface area contributed by atoms with Gasteiger partial charge in [0.25, 0.3) is 5.91 Å². The molecule has 0 unspecified atom stereocenters. The molecule has 0 saturated carbocycles. The fourth-order valence-electron chi connectivity index (χ4n) is 5.85. The topological polar surface area (TPSA) is 53.6 Å². The zero-order chi connectivity index (χ0) is 18.2. The van der Waals surface area contributed by atoms with E-state index < -0.39 is 0 Å². The fraction of sp³-hybridized carbons (Fsp3) is 0.682. The summed E-state index contributed by atoms with van der Waals surface area (Å²) in [6.07, 6.45) is 7.35. The first-order chi connectivity index (χ1) is 13.3. The molecular weight excluding hydrogens is 338 g/mol. The highest BCUT2D eigenvalue weighted by atomic mass is 16.5. The van der Waals surface area contributed by atoms with Crippen LogP contribution in [0.25, 0.3) is 0 Å². The molecule has 2 bridgehead atoms. The van der Waals surface area contributed by atoms with E-state index in [2.05, 4.69) is 15.5 Å². The van der Waals surface area contributed by atoms with Crippen molar-refractivity contribution in [1.29, 1.82) is 0 Å². The number of aryl methyl sites for hydroxylation is 1. The minimum absolute atomic E-state index is 0.0582. The first-order valence-corrected chi connectivity index (χ1v) is 10.8. The molecule has 27 heavy (non-hydrogen) atoms. The summed E-state index contributed by atoms with van der Waals surface area (Å²) in [6.45, 7) is 5.02. The van der Waals surface area contributed by atoms with Crippen LogP contribution < -0.4 is 15.4 Å². The number of carbonyl (C=O) groups is 1. The molecule has 3 saturated heterocycles. The van der Waals surface area contributed by atoms with Crippen molar-refractivity contribution in [2.45, 2.75) is 50.6 Å². The van der Waals surface area contributed by atoms with Gasteiger partial charge in [-0.3, -0.25) is 9.69 Å². The molecule has 4 heterocycles. The van der Waals surface area contributed by atoms with Crippen molar-refractivity contribution < 1.29 is 9.53 Å². The van der Waals surface area contributed by atoms with E-state index in [4.69, 9.17) is 4.74 Å². The number of nitrogens with zero attached hydrogens (tertiary/aromatic N) is 1. The summed E-state index contributed by atoms with van der Waals surface area (Å²) in [5.74, 6) is 2.47. The van der Waals surface area contributed by atoms with Crippen LogP contribution in [0, 0.1) is 11.8 Å². The van der Waals surface area contributed by atoms with Gasteiger partial charge < -0.3 is 15.4 Å². The summed E-state index contributed by atoms with van der Waals surface area (Å²) in [6, 6.07) is 7.07. The van der Waals surface area contributed by atoms with Crippen LogP contribution >= 0.6 is 0 Å². The van der Waals surface area contributed by atoms with Gasteiger partial charge in [-0.15, -0.1) is 0 Å². The predicted molar refractivity (Wildman–Crippen MR) is 105 cm³/mol. The molecule has 146 valence electrons.